The van der Waals surface area contributed by atoms with E-state index in [9.17, 15) is 14.4 Å². The Bertz CT molecular complexity index is 872. The van der Waals surface area contributed by atoms with Gasteiger partial charge in [0.1, 0.15) is 0 Å². The maximum atomic E-state index is 12.2. The van der Waals surface area contributed by atoms with Crippen molar-refractivity contribution >= 4 is 29.1 Å². The van der Waals surface area contributed by atoms with E-state index in [2.05, 4.69) is 10.6 Å². The summed E-state index contributed by atoms with van der Waals surface area (Å²) in [5.74, 6) is -0.509. The summed E-state index contributed by atoms with van der Waals surface area (Å²) < 4.78 is 0. The lowest BCUT2D eigenvalue weighted by Gasteiger charge is -2.16. The van der Waals surface area contributed by atoms with Crippen LogP contribution in [0.2, 0.25) is 0 Å². The Balaban J connectivity index is 1.58. The van der Waals surface area contributed by atoms with Crippen LogP contribution in [0.5, 0.6) is 0 Å². The fraction of sp³-hybridized carbons (Fsp3) is 0.286. The van der Waals surface area contributed by atoms with E-state index in [1.807, 2.05) is 26.0 Å². The zero-order valence-electron chi connectivity index (χ0n) is 15.5. The number of carbonyl (C=O) groups is 3. The number of nitrogens with one attached hydrogen (secondary N) is 2. The molecular weight excluding hydrogens is 342 g/mol. The number of anilines is 2. The summed E-state index contributed by atoms with van der Waals surface area (Å²) >= 11 is 0. The molecule has 27 heavy (non-hydrogen) atoms. The normalized spacial score (nSPS) is 13.6. The molecule has 0 unspecified atom stereocenters. The van der Waals surface area contributed by atoms with Crippen LogP contribution in [0.25, 0.3) is 0 Å². The third-order valence-electron chi connectivity index (χ3n) is 4.41. The van der Waals surface area contributed by atoms with Crippen LogP contribution >= 0.6 is 0 Å². The molecule has 1 aliphatic rings. The molecule has 3 rings (SSSR count). The first-order valence-electron chi connectivity index (χ1n) is 8.99. The summed E-state index contributed by atoms with van der Waals surface area (Å²) in [6.45, 7) is 4.42. The third kappa shape index (κ3) is 4.73. The summed E-state index contributed by atoms with van der Waals surface area (Å²) in [4.78, 5) is 38.0. The van der Waals surface area contributed by atoms with Crippen molar-refractivity contribution < 1.29 is 14.4 Å². The first-order valence-corrected chi connectivity index (χ1v) is 8.99. The average molecular weight is 365 g/mol. The minimum Gasteiger partial charge on any atom is -0.343 e. The lowest BCUT2D eigenvalue weighted by atomic mass is 10.1. The summed E-state index contributed by atoms with van der Waals surface area (Å²) in [7, 11) is 0. The molecule has 3 amide bonds. The van der Waals surface area contributed by atoms with Gasteiger partial charge >= 0.3 is 0 Å². The zero-order chi connectivity index (χ0) is 19.4. The molecule has 0 spiro atoms. The maximum absolute atomic E-state index is 12.2. The molecule has 1 fully saturated rings. The number of benzene rings is 2. The van der Waals surface area contributed by atoms with Gasteiger partial charge in [-0.25, -0.2) is 0 Å². The number of carbonyl (C=O) groups excluding carboxylic acids is 3. The molecule has 6 nitrogen and oxygen atoms in total. The molecule has 0 bridgehead atoms. The predicted octanol–water partition coefficient (Wildman–Crippen LogP) is 2.80. The summed E-state index contributed by atoms with van der Waals surface area (Å²) in [5, 5.41) is 5.39. The Morgan fingerprint density at radius 3 is 2.48 bits per heavy atom. The number of hydrogen-bond donors (Lipinski definition) is 2. The predicted molar refractivity (Wildman–Crippen MR) is 105 cm³/mol. The second-order valence-electron chi connectivity index (χ2n) is 6.81. The van der Waals surface area contributed by atoms with Gasteiger partial charge < -0.3 is 15.5 Å². The second-order valence-corrected chi connectivity index (χ2v) is 6.81. The lowest BCUT2D eigenvalue weighted by Crippen LogP contribution is -2.33. The van der Waals surface area contributed by atoms with E-state index in [1.165, 1.54) is 0 Å². The minimum atomic E-state index is -0.322. The molecule has 2 aromatic carbocycles. The van der Waals surface area contributed by atoms with E-state index >= 15 is 0 Å². The standard InChI is InChI=1S/C21H23N3O3/c1-14-9-15(2)11-16(10-14)21(27)22-13-19(25)23-17-5-3-6-18(12-17)24-8-4-7-20(24)26/h3,5-6,9-12H,4,7-8,13H2,1-2H3,(H,22,27)(H,23,25). The first kappa shape index (κ1) is 18.6. The molecule has 1 heterocycles. The van der Waals surface area contributed by atoms with Gasteiger partial charge in [-0.15, -0.1) is 0 Å². The Morgan fingerprint density at radius 1 is 1.07 bits per heavy atom. The molecule has 0 atom stereocenters. The highest BCUT2D eigenvalue weighted by Gasteiger charge is 2.21. The highest BCUT2D eigenvalue weighted by Crippen LogP contribution is 2.24. The minimum absolute atomic E-state index is 0.0965. The summed E-state index contributed by atoms with van der Waals surface area (Å²) in [5.41, 5.74) is 3.90. The number of nitrogens with zero attached hydrogens (tertiary/aromatic N) is 1. The van der Waals surface area contributed by atoms with Crippen molar-refractivity contribution in [2.45, 2.75) is 26.7 Å². The van der Waals surface area contributed by atoms with Gasteiger partial charge in [-0.2, -0.15) is 0 Å². The quantitative estimate of drug-likeness (QED) is 0.855. The molecule has 6 heteroatoms. The molecule has 140 valence electrons. The van der Waals surface area contributed by atoms with Gasteiger partial charge in [-0.05, 0) is 50.6 Å². The van der Waals surface area contributed by atoms with Gasteiger partial charge in [-0.3, -0.25) is 14.4 Å². The van der Waals surface area contributed by atoms with Crippen molar-refractivity contribution in [1.82, 2.24) is 5.32 Å². The van der Waals surface area contributed by atoms with E-state index in [0.717, 1.165) is 23.2 Å². The summed E-state index contributed by atoms with van der Waals surface area (Å²) in [6.07, 6.45) is 1.40. The van der Waals surface area contributed by atoms with Crippen LogP contribution in [0, 0.1) is 13.8 Å². The van der Waals surface area contributed by atoms with Crippen LogP contribution in [0.1, 0.15) is 34.3 Å². The SMILES string of the molecule is Cc1cc(C)cc(C(=O)NCC(=O)Nc2cccc(N3CCCC3=O)c2)c1. The fourth-order valence-electron chi connectivity index (χ4n) is 3.25. The molecule has 1 saturated heterocycles. The van der Waals surface area contributed by atoms with Crippen LogP contribution in [0.15, 0.2) is 42.5 Å². The van der Waals surface area contributed by atoms with E-state index in [1.54, 1.807) is 35.2 Å². The molecule has 2 N–H and O–H groups in total. The topological polar surface area (TPSA) is 78.5 Å². The molecule has 0 aromatic heterocycles. The van der Waals surface area contributed by atoms with Gasteiger partial charge in [0, 0.05) is 29.9 Å². The fourth-order valence-corrected chi connectivity index (χ4v) is 3.25. The van der Waals surface area contributed by atoms with Gasteiger partial charge in [0.25, 0.3) is 5.91 Å². The van der Waals surface area contributed by atoms with Crippen LogP contribution in [-0.2, 0) is 9.59 Å². The van der Waals surface area contributed by atoms with Crippen LogP contribution in [0.4, 0.5) is 11.4 Å². The van der Waals surface area contributed by atoms with Crippen LogP contribution in [-0.4, -0.2) is 30.8 Å². The van der Waals surface area contributed by atoms with Crippen molar-refractivity contribution in [3.8, 4) is 0 Å². The third-order valence-corrected chi connectivity index (χ3v) is 4.41. The number of rotatable bonds is 5. The largest absolute Gasteiger partial charge is 0.343 e. The zero-order valence-corrected chi connectivity index (χ0v) is 15.5. The monoisotopic (exact) mass is 365 g/mol. The van der Waals surface area contributed by atoms with Crippen molar-refractivity contribution in [2.75, 3.05) is 23.3 Å². The van der Waals surface area contributed by atoms with Crippen molar-refractivity contribution in [3.63, 3.8) is 0 Å². The van der Waals surface area contributed by atoms with Crippen LogP contribution < -0.4 is 15.5 Å². The molecule has 2 aromatic rings. The van der Waals surface area contributed by atoms with Gasteiger partial charge in [0.05, 0.1) is 6.54 Å². The van der Waals surface area contributed by atoms with Gasteiger partial charge in [0.2, 0.25) is 11.8 Å². The average Bonchev–Trinajstić information content (AvgIpc) is 3.05. The van der Waals surface area contributed by atoms with Crippen molar-refractivity contribution in [2.24, 2.45) is 0 Å². The van der Waals surface area contributed by atoms with Crippen molar-refractivity contribution in [3.05, 3.63) is 59.2 Å². The smallest absolute Gasteiger partial charge is 0.251 e. The van der Waals surface area contributed by atoms with E-state index < -0.39 is 0 Å². The van der Waals surface area contributed by atoms with E-state index in [0.29, 0.717) is 24.2 Å². The first-order chi connectivity index (χ1) is 12.9. The number of amides is 3. The summed E-state index contributed by atoms with van der Waals surface area (Å²) in [6, 6.07) is 12.7. The maximum Gasteiger partial charge on any atom is 0.251 e. The molecule has 0 aliphatic carbocycles. The molecule has 0 radical (unpaired) electrons. The van der Waals surface area contributed by atoms with E-state index in [-0.39, 0.29) is 24.3 Å². The van der Waals surface area contributed by atoms with Gasteiger partial charge in [0.15, 0.2) is 0 Å². The Labute approximate surface area is 158 Å². The second kappa shape index (κ2) is 8.03. The molecular formula is C21H23N3O3. The lowest BCUT2D eigenvalue weighted by molar-refractivity contribution is -0.117. The van der Waals surface area contributed by atoms with E-state index in [4.69, 9.17) is 0 Å². The van der Waals surface area contributed by atoms with Gasteiger partial charge in [-0.1, -0.05) is 23.3 Å². The Morgan fingerprint density at radius 2 is 1.81 bits per heavy atom. The molecule has 0 saturated carbocycles. The van der Waals surface area contributed by atoms with Crippen LogP contribution in [0.3, 0.4) is 0 Å². The van der Waals surface area contributed by atoms with Crippen molar-refractivity contribution in [1.29, 1.82) is 0 Å². The number of aryl methyl sites for hydroxylation is 2. The Hall–Kier alpha value is -3.15. The Kier molecular flexibility index (Phi) is 5.54. The number of hydrogen-bond acceptors (Lipinski definition) is 3. The molecule has 1 aliphatic heterocycles. The highest BCUT2D eigenvalue weighted by atomic mass is 16.2. The highest BCUT2D eigenvalue weighted by molar-refractivity contribution is 6.00.